The zero-order valence-corrected chi connectivity index (χ0v) is 9.60. The molecule has 0 unspecified atom stereocenters. The highest BCUT2D eigenvalue weighted by Gasteiger charge is 2.08. The van der Waals surface area contributed by atoms with Crippen molar-refractivity contribution in [3.05, 3.63) is 28.2 Å². The predicted octanol–water partition coefficient (Wildman–Crippen LogP) is 2.17. The lowest BCUT2D eigenvalue weighted by Gasteiger charge is -2.06. The zero-order chi connectivity index (χ0) is 10.6. The Morgan fingerprint density at radius 3 is 2.86 bits per heavy atom. The van der Waals surface area contributed by atoms with Crippen LogP contribution in [0.5, 0.6) is 0 Å². The molecule has 3 nitrogen and oxygen atoms in total. The number of hydrogen-bond acceptors (Lipinski definition) is 2. The van der Waals surface area contributed by atoms with E-state index in [4.69, 9.17) is 5.73 Å². The van der Waals surface area contributed by atoms with Crippen LogP contribution >= 0.6 is 15.9 Å². The van der Waals surface area contributed by atoms with Crippen molar-refractivity contribution in [1.82, 2.24) is 5.32 Å². The number of nitrogens with two attached hydrogens (primary N) is 1. The van der Waals surface area contributed by atoms with Crippen molar-refractivity contribution in [3.63, 3.8) is 0 Å². The van der Waals surface area contributed by atoms with Gasteiger partial charge in [-0.25, -0.2) is 0 Å². The normalized spacial score (nSPS) is 9.86. The smallest absolute Gasteiger partial charge is 0.253 e. The fourth-order valence-corrected chi connectivity index (χ4v) is 1.45. The summed E-state index contributed by atoms with van der Waals surface area (Å²) in [4.78, 5) is 11.5. The number of anilines is 1. The lowest BCUT2D eigenvalue weighted by Crippen LogP contribution is -2.24. The first-order chi connectivity index (χ1) is 6.65. The van der Waals surface area contributed by atoms with Gasteiger partial charge >= 0.3 is 0 Å². The molecule has 0 aromatic heterocycles. The van der Waals surface area contributed by atoms with Crippen molar-refractivity contribution in [3.8, 4) is 0 Å². The molecule has 76 valence electrons. The summed E-state index contributed by atoms with van der Waals surface area (Å²) in [5, 5.41) is 2.77. The molecule has 1 rings (SSSR count). The van der Waals surface area contributed by atoms with Gasteiger partial charge < -0.3 is 11.1 Å². The zero-order valence-electron chi connectivity index (χ0n) is 8.01. The van der Waals surface area contributed by atoms with E-state index in [0.717, 1.165) is 10.9 Å². The minimum atomic E-state index is -0.114. The van der Waals surface area contributed by atoms with Gasteiger partial charge in [0.15, 0.2) is 0 Å². The summed E-state index contributed by atoms with van der Waals surface area (Å²) in [5.74, 6) is -0.114. The highest BCUT2D eigenvalue weighted by Crippen LogP contribution is 2.18. The summed E-state index contributed by atoms with van der Waals surface area (Å²) in [6, 6.07) is 5.24. The summed E-state index contributed by atoms with van der Waals surface area (Å²) < 4.78 is 0.877. The molecule has 3 N–H and O–H groups in total. The van der Waals surface area contributed by atoms with Crippen molar-refractivity contribution < 1.29 is 4.79 Å². The first-order valence-corrected chi connectivity index (χ1v) is 5.27. The predicted molar refractivity (Wildman–Crippen MR) is 61.2 cm³/mol. The van der Waals surface area contributed by atoms with Gasteiger partial charge in [0.05, 0.1) is 5.56 Å². The summed E-state index contributed by atoms with van der Waals surface area (Å²) >= 11 is 3.29. The van der Waals surface area contributed by atoms with E-state index in [1.54, 1.807) is 18.2 Å². The Morgan fingerprint density at radius 2 is 2.29 bits per heavy atom. The maximum absolute atomic E-state index is 11.5. The van der Waals surface area contributed by atoms with Gasteiger partial charge in [-0.15, -0.1) is 0 Å². The van der Waals surface area contributed by atoms with Crippen LogP contribution in [0.25, 0.3) is 0 Å². The molecule has 0 aliphatic carbocycles. The second-order valence-electron chi connectivity index (χ2n) is 2.99. The fourth-order valence-electron chi connectivity index (χ4n) is 1.07. The Balaban J connectivity index is 2.80. The van der Waals surface area contributed by atoms with Gasteiger partial charge in [-0.2, -0.15) is 0 Å². The molecule has 14 heavy (non-hydrogen) atoms. The number of carbonyl (C=O) groups excluding carboxylic acids is 1. The van der Waals surface area contributed by atoms with Crippen molar-refractivity contribution >= 4 is 27.5 Å². The van der Waals surface area contributed by atoms with Crippen LogP contribution in [0.1, 0.15) is 23.7 Å². The Kier molecular flexibility index (Phi) is 3.95. The highest BCUT2D eigenvalue weighted by molar-refractivity contribution is 9.10. The van der Waals surface area contributed by atoms with Gasteiger partial charge in [-0.1, -0.05) is 22.9 Å². The molecule has 0 heterocycles. The van der Waals surface area contributed by atoms with Crippen LogP contribution in [0.3, 0.4) is 0 Å². The van der Waals surface area contributed by atoms with E-state index < -0.39 is 0 Å². The summed E-state index contributed by atoms with van der Waals surface area (Å²) in [6.45, 7) is 2.68. The third-order valence-corrected chi connectivity index (χ3v) is 2.29. The summed E-state index contributed by atoms with van der Waals surface area (Å²) in [7, 11) is 0. The lowest BCUT2D eigenvalue weighted by molar-refractivity contribution is 0.0954. The third-order valence-electron chi connectivity index (χ3n) is 1.79. The van der Waals surface area contributed by atoms with Crippen LogP contribution in [0.15, 0.2) is 22.7 Å². The van der Waals surface area contributed by atoms with Crippen molar-refractivity contribution in [1.29, 1.82) is 0 Å². The molecule has 4 heteroatoms. The number of carbonyl (C=O) groups is 1. The Labute approximate surface area is 91.8 Å². The van der Waals surface area contributed by atoms with Gasteiger partial charge in [-0.05, 0) is 24.6 Å². The minimum Gasteiger partial charge on any atom is -0.398 e. The average Bonchev–Trinajstić information content (AvgIpc) is 2.14. The van der Waals surface area contributed by atoms with E-state index in [1.165, 1.54) is 0 Å². The molecule has 0 bridgehead atoms. The topological polar surface area (TPSA) is 55.1 Å². The number of hydrogen-bond donors (Lipinski definition) is 2. The number of nitrogen functional groups attached to an aromatic ring is 1. The van der Waals surface area contributed by atoms with E-state index >= 15 is 0 Å². The Hall–Kier alpha value is -1.03. The summed E-state index contributed by atoms with van der Waals surface area (Å²) in [5.41, 5.74) is 6.73. The van der Waals surface area contributed by atoms with Gasteiger partial charge in [0.1, 0.15) is 0 Å². The largest absolute Gasteiger partial charge is 0.398 e. The Bertz CT molecular complexity index is 339. The van der Waals surface area contributed by atoms with E-state index in [9.17, 15) is 4.79 Å². The van der Waals surface area contributed by atoms with Crippen molar-refractivity contribution in [2.45, 2.75) is 13.3 Å². The van der Waals surface area contributed by atoms with Gasteiger partial charge in [-0.3, -0.25) is 4.79 Å². The van der Waals surface area contributed by atoms with E-state index in [-0.39, 0.29) is 5.91 Å². The molecule has 0 aliphatic heterocycles. The van der Waals surface area contributed by atoms with Crippen LogP contribution in [0, 0.1) is 0 Å². The molecule has 0 aliphatic rings. The second kappa shape index (κ2) is 5.00. The molecule has 0 saturated heterocycles. The first kappa shape index (κ1) is 11.0. The quantitative estimate of drug-likeness (QED) is 0.815. The van der Waals surface area contributed by atoms with Crippen molar-refractivity contribution in [2.24, 2.45) is 0 Å². The molecular formula is C10H13BrN2O. The number of benzene rings is 1. The molecule has 1 aromatic rings. The van der Waals surface area contributed by atoms with Gasteiger partial charge in [0.25, 0.3) is 5.91 Å². The Morgan fingerprint density at radius 1 is 1.57 bits per heavy atom. The molecule has 0 radical (unpaired) electrons. The van der Waals surface area contributed by atoms with Crippen LogP contribution in [-0.4, -0.2) is 12.5 Å². The van der Waals surface area contributed by atoms with Crippen LogP contribution < -0.4 is 11.1 Å². The number of amides is 1. The SMILES string of the molecule is CCCNC(=O)c1ccc(Br)cc1N. The minimum absolute atomic E-state index is 0.114. The van der Waals surface area contributed by atoms with E-state index in [1.807, 2.05) is 6.92 Å². The highest BCUT2D eigenvalue weighted by atomic mass is 79.9. The monoisotopic (exact) mass is 256 g/mol. The third kappa shape index (κ3) is 2.73. The molecule has 0 spiro atoms. The van der Waals surface area contributed by atoms with Crippen LogP contribution in [0.4, 0.5) is 5.69 Å². The molecular weight excluding hydrogens is 244 g/mol. The number of halogens is 1. The van der Waals surface area contributed by atoms with E-state index in [2.05, 4.69) is 21.2 Å². The van der Waals surface area contributed by atoms with Crippen molar-refractivity contribution in [2.75, 3.05) is 12.3 Å². The molecule has 1 aromatic carbocycles. The average molecular weight is 257 g/mol. The molecule has 0 atom stereocenters. The number of nitrogens with one attached hydrogen (secondary N) is 1. The maximum atomic E-state index is 11.5. The van der Waals surface area contributed by atoms with Crippen LogP contribution in [-0.2, 0) is 0 Å². The fraction of sp³-hybridized carbons (Fsp3) is 0.300. The molecule has 1 amide bonds. The molecule has 0 saturated carbocycles. The second-order valence-corrected chi connectivity index (χ2v) is 3.90. The maximum Gasteiger partial charge on any atom is 0.253 e. The van der Waals surface area contributed by atoms with E-state index in [0.29, 0.717) is 17.8 Å². The summed E-state index contributed by atoms with van der Waals surface area (Å²) in [6.07, 6.45) is 0.919. The first-order valence-electron chi connectivity index (χ1n) is 4.48. The van der Waals surface area contributed by atoms with Gasteiger partial charge in [0, 0.05) is 16.7 Å². The molecule has 0 fully saturated rings. The lowest BCUT2D eigenvalue weighted by atomic mass is 10.1. The van der Waals surface area contributed by atoms with Gasteiger partial charge in [0.2, 0.25) is 0 Å². The number of rotatable bonds is 3. The standard InChI is InChI=1S/C10H13BrN2O/c1-2-5-13-10(14)8-4-3-7(11)6-9(8)12/h3-4,6H,2,5,12H2,1H3,(H,13,14). The van der Waals surface area contributed by atoms with Crippen LogP contribution in [0.2, 0.25) is 0 Å².